The van der Waals surface area contributed by atoms with Crippen molar-refractivity contribution in [3.05, 3.63) is 36.9 Å². The SMILES string of the molecule is CC(=O)OC[C@H]1O[C@@H](n2cnc3c(NNc4cccc(O)c4)ncnc32)[C@H](OC(C)=O)[C@H]1OC(C)=O. The molecule has 3 N–H and O–H groups in total. The number of nitrogens with one attached hydrogen (secondary N) is 2. The number of benzene rings is 1. The minimum atomic E-state index is -1.08. The summed E-state index contributed by atoms with van der Waals surface area (Å²) in [5.74, 6) is -1.41. The lowest BCUT2D eigenvalue weighted by Gasteiger charge is -2.23. The van der Waals surface area contributed by atoms with Crippen LogP contribution in [0.15, 0.2) is 36.9 Å². The normalized spacial score (nSPS) is 21.1. The number of carbonyl (C=O) groups is 3. The van der Waals surface area contributed by atoms with E-state index in [-0.39, 0.29) is 12.4 Å². The molecule has 1 saturated heterocycles. The van der Waals surface area contributed by atoms with Crippen LogP contribution in [0.1, 0.15) is 27.0 Å². The Hall–Kier alpha value is -4.46. The lowest BCUT2D eigenvalue weighted by molar-refractivity contribution is -0.166. The Morgan fingerprint density at radius 3 is 2.47 bits per heavy atom. The number of aromatic nitrogens is 4. The van der Waals surface area contributed by atoms with Crippen molar-refractivity contribution in [2.45, 2.75) is 45.3 Å². The number of nitrogens with zero attached hydrogens (tertiary/aromatic N) is 4. The maximum atomic E-state index is 11.9. The number of hydrogen-bond acceptors (Lipinski definition) is 13. The van der Waals surface area contributed by atoms with Crippen molar-refractivity contribution in [2.24, 2.45) is 0 Å². The van der Waals surface area contributed by atoms with Crippen LogP contribution < -0.4 is 10.9 Å². The molecule has 14 heteroatoms. The van der Waals surface area contributed by atoms with Gasteiger partial charge in [0.05, 0.1) is 12.0 Å². The molecule has 2 aromatic heterocycles. The van der Waals surface area contributed by atoms with Gasteiger partial charge in [0.1, 0.15) is 24.8 Å². The first-order chi connectivity index (χ1) is 17.2. The van der Waals surface area contributed by atoms with Gasteiger partial charge in [0.25, 0.3) is 0 Å². The monoisotopic (exact) mass is 500 g/mol. The molecule has 0 radical (unpaired) electrons. The number of phenols is 1. The quantitative estimate of drug-likeness (QED) is 0.229. The Labute approximate surface area is 204 Å². The summed E-state index contributed by atoms with van der Waals surface area (Å²) in [6.07, 6.45) is -1.36. The Morgan fingerprint density at radius 2 is 1.78 bits per heavy atom. The number of aromatic hydroxyl groups is 1. The maximum absolute atomic E-state index is 11.9. The highest BCUT2D eigenvalue weighted by Crippen LogP contribution is 2.36. The molecular formula is C22H24N6O8. The van der Waals surface area contributed by atoms with Gasteiger partial charge in [-0.2, -0.15) is 0 Å². The molecule has 0 unspecified atom stereocenters. The highest BCUT2D eigenvalue weighted by atomic mass is 16.7. The first kappa shape index (κ1) is 24.7. The predicted octanol–water partition coefficient (Wildman–Crippen LogP) is 1.29. The van der Waals surface area contributed by atoms with Crippen molar-refractivity contribution in [1.82, 2.24) is 19.5 Å². The van der Waals surface area contributed by atoms with Gasteiger partial charge < -0.3 is 24.1 Å². The molecule has 4 atom stereocenters. The Bertz CT molecular complexity index is 1280. The number of hydrazine groups is 1. The van der Waals surface area contributed by atoms with Crippen LogP contribution >= 0.6 is 0 Å². The highest BCUT2D eigenvalue weighted by molar-refractivity contribution is 5.83. The molecule has 0 amide bonds. The van der Waals surface area contributed by atoms with Crippen LogP contribution in [0.5, 0.6) is 5.75 Å². The van der Waals surface area contributed by atoms with Crippen molar-refractivity contribution < 1.29 is 38.4 Å². The zero-order chi connectivity index (χ0) is 25.8. The van der Waals surface area contributed by atoms with Crippen LogP contribution in [0.4, 0.5) is 11.5 Å². The Balaban J connectivity index is 1.65. The molecule has 1 aromatic carbocycles. The number of carbonyl (C=O) groups excluding carboxylic acids is 3. The molecule has 36 heavy (non-hydrogen) atoms. The predicted molar refractivity (Wildman–Crippen MR) is 122 cm³/mol. The maximum Gasteiger partial charge on any atom is 0.303 e. The molecule has 3 aromatic rings. The summed E-state index contributed by atoms with van der Waals surface area (Å²) in [6, 6.07) is 6.45. The Kier molecular flexibility index (Phi) is 7.15. The van der Waals surface area contributed by atoms with Gasteiger partial charge >= 0.3 is 17.9 Å². The molecule has 190 valence electrons. The van der Waals surface area contributed by atoms with Crippen molar-refractivity contribution in [3.8, 4) is 5.75 Å². The summed E-state index contributed by atoms with van der Waals surface area (Å²) < 4.78 is 23.5. The lowest BCUT2D eigenvalue weighted by Crippen LogP contribution is -2.40. The van der Waals surface area contributed by atoms with E-state index in [9.17, 15) is 19.5 Å². The van der Waals surface area contributed by atoms with Crippen LogP contribution in [0.3, 0.4) is 0 Å². The lowest BCUT2D eigenvalue weighted by atomic mass is 10.1. The minimum absolute atomic E-state index is 0.0828. The summed E-state index contributed by atoms with van der Waals surface area (Å²) in [6.45, 7) is 3.42. The first-order valence-electron chi connectivity index (χ1n) is 10.8. The van der Waals surface area contributed by atoms with Gasteiger partial charge in [-0.25, -0.2) is 15.0 Å². The summed E-state index contributed by atoms with van der Waals surface area (Å²) >= 11 is 0. The number of esters is 3. The second kappa shape index (κ2) is 10.4. The highest BCUT2D eigenvalue weighted by Gasteiger charge is 2.51. The number of fused-ring (bicyclic) bond motifs is 1. The van der Waals surface area contributed by atoms with E-state index in [2.05, 4.69) is 25.8 Å². The molecule has 0 spiro atoms. The van der Waals surface area contributed by atoms with E-state index in [1.54, 1.807) is 12.1 Å². The first-order valence-corrected chi connectivity index (χ1v) is 10.8. The summed E-state index contributed by atoms with van der Waals surface area (Å²) in [5, 5.41) is 9.64. The number of imidazole rings is 1. The molecule has 1 aliphatic heterocycles. The number of hydrogen-bond donors (Lipinski definition) is 3. The summed E-state index contributed by atoms with van der Waals surface area (Å²) in [4.78, 5) is 47.9. The van der Waals surface area contributed by atoms with Gasteiger partial charge in [-0.05, 0) is 12.1 Å². The minimum Gasteiger partial charge on any atom is -0.508 e. The van der Waals surface area contributed by atoms with E-state index in [0.29, 0.717) is 22.7 Å². The van der Waals surface area contributed by atoms with E-state index in [4.69, 9.17) is 18.9 Å². The third-order valence-electron chi connectivity index (χ3n) is 5.14. The molecule has 4 rings (SSSR count). The van der Waals surface area contributed by atoms with E-state index in [0.717, 1.165) is 0 Å². The van der Waals surface area contributed by atoms with Crippen LogP contribution in [0.25, 0.3) is 11.2 Å². The fourth-order valence-electron chi connectivity index (χ4n) is 3.76. The third-order valence-corrected chi connectivity index (χ3v) is 5.14. The molecule has 0 bridgehead atoms. The second-order valence-corrected chi connectivity index (χ2v) is 7.86. The van der Waals surface area contributed by atoms with Gasteiger partial charge in [0.15, 0.2) is 35.4 Å². The van der Waals surface area contributed by atoms with Crippen molar-refractivity contribution in [3.63, 3.8) is 0 Å². The van der Waals surface area contributed by atoms with Crippen LogP contribution in [0.2, 0.25) is 0 Å². The number of ether oxygens (including phenoxy) is 4. The van der Waals surface area contributed by atoms with Gasteiger partial charge in [-0.15, -0.1) is 0 Å². The Morgan fingerprint density at radius 1 is 1.03 bits per heavy atom. The van der Waals surface area contributed by atoms with Gasteiger partial charge in [-0.3, -0.25) is 29.8 Å². The third kappa shape index (κ3) is 5.43. The van der Waals surface area contributed by atoms with E-state index < -0.39 is 42.4 Å². The van der Waals surface area contributed by atoms with Crippen LogP contribution in [-0.2, 0) is 33.3 Å². The van der Waals surface area contributed by atoms with E-state index >= 15 is 0 Å². The molecule has 1 aliphatic rings. The summed E-state index contributed by atoms with van der Waals surface area (Å²) in [7, 11) is 0. The zero-order valence-corrected chi connectivity index (χ0v) is 19.6. The van der Waals surface area contributed by atoms with Gasteiger partial charge in [0.2, 0.25) is 0 Å². The average molecular weight is 500 g/mol. The van der Waals surface area contributed by atoms with Crippen LogP contribution in [0, 0.1) is 0 Å². The fourth-order valence-corrected chi connectivity index (χ4v) is 3.76. The average Bonchev–Trinajstić information content (AvgIpc) is 3.38. The van der Waals surface area contributed by atoms with Crippen molar-refractivity contribution >= 4 is 40.6 Å². The molecule has 1 fully saturated rings. The molecule has 3 heterocycles. The second-order valence-electron chi connectivity index (χ2n) is 7.86. The number of phenolic OH excluding ortho intramolecular Hbond substituents is 1. The van der Waals surface area contributed by atoms with Gasteiger partial charge in [-0.1, -0.05) is 6.07 Å². The topological polar surface area (TPSA) is 176 Å². The van der Waals surface area contributed by atoms with E-state index in [1.165, 1.54) is 50.1 Å². The largest absolute Gasteiger partial charge is 0.508 e. The van der Waals surface area contributed by atoms with Crippen molar-refractivity contribution in [2.75, 3.05) is 17.5 Å². The molecular weight excluding hydrogens is 476 g/mol. The summed E-state index contributed by atoms with van der Waals surface area (Å²) in [5.41, 5.74) is 7.08. The number of rotatable bonds is 8. The smallest absolute Gasteiger partial charge is 0.303 e. The van der Waals surface area contributed by atoms with E-state index in [1.807, 2.05) is 0 Å². The van der Waals surface area contributed by atoms with Crippen molar-refractivity contribution in [1.29, 1.82) is 0 Å². The molecule has 0 aliphatic carbocycles. The molecule has 0 saturated carbocycles. The van der Waals surface area contributed by atoms with Gasteiger partial charge in [0, 0.05) is 26.8 Å². The molecule has 14 nitrogen and oxygen atoms in total. The standard InChI is InChI=1S/C22H24N6O8/c1-11(29)33-8-16-18(34-12(2)30)19(35-13(3)31)22(36-16)28-10-25-17-20(23-9-24-21(17)28)27-26-14-5-4-6-15(32)7-14/h4-7,9-10,16,18-19,22,26,32H,8H2,1-3H3,(H,23,24,27)/t16-,18+,19-,22-/m1/s1. The fraction of sp³-hybridized carbons (Fsp3) is 0.364. The zero-order valence-electron chi connectivity index (χ0n) is 19.6. The van der Waals surface area contributed by atoms with Crippen LogP contribution in [-0.4, -0.2) is 67.5 Å². The number of anilines is 2.